The van der Waals surface area contributed by atoms with E-state index in [0.717, 1.165) is 29.9 Å². The maximum Gasteiger partial charge on any atom is 0.0656 e. The van der Waals surface area contributed by atoms with Crippen molar-refractivity contribution in [1.29, 1.82) is 0 Å². The predicted molar refractivity (Wildman–Crippen MR) is 77.0 cm³/mol. The van der Waals surface area contributed by atoms with Gasteiger partial charge in [-0.1, -0.05) is 17.7 Å². The lowest BCUT2D eigenvalue weighted by Crippen LogP contribution is -2.07. The number of nitrogens with one attached hydrogen (secondary N) is 1. The molecule has 1 aromatic carbocycles. The molecule has 0 aliphatic rings. The van der Waals surface area contributed by atoms with Crippen molar-refractivity contribution in [3.8, 4) is 0 Å². The zero-order valence-electron chi connectivity index (χ0n) is 10.3. The van der Waals surface area contributed by atoms with Crippen molar-refractivity contribution in [2.75, 3.05) is 17.6 Å². The molecule has 0 saturated heterocycles. The van der Waals surface area contributed by atoms with Crippen molar-refractivity contribution >= 4 is 23.0 Å². The first kappa shape index (κ1) is 12.7. The Morgan fingerprint density at radius 1 is 1.33 bits per heavy atom. The summed E-state index contributed by atoms with van der Waals surface area (Å²) in [6.45, 7) is 2.83. The molecule has 1 heterocycles. The van der Waals surface area contributed by atoms with Crippen molar-refractivity contribution in [1.82, 2.24) is 4.98 Å². The Morgan fingerprint density at radius 3 is 2.89 bits per heavy atom. The van der Waals surface area contributed by atoms with Crippen LogP contribution in [0.5, 0.6) is 0 Å². The van der Waals surface area contributed by atoms with Crippen molar-refractivity contribution < 1.29 is 0 Å². The average Bonchev–Trinajstić information content (AvgIpc) is 2.37. The van der Waals surface area contributed by atoms with Crippen molar-refractivity contribution in [2.45, 2.75) is 13.3 Å². The van der Waals surface area contributed by atoms with Gasteiger partial charge in [-0.05, 0) is 36.8 Å². The first-order chi connectivity index (χ1) is 8.66. The van der Waals surface area contributed by atoms with Crippen LogP contribution in [0.3, 0.4) is 0 Å². The van der Waals surface area contributed by atoms with E-state index in [-0.39, 0.29) is 0 Å². The van der Waals surface area contributed by atoms with Gasteiger partial charge in [-0.3, -0.25) is 4.98 Å². The molecule has 2 rings (SSSR count). The number of benzene rings is 1. The van der Waals surface area contributed by atoms with Gasteiger partial charge in [0, 0.05) is 30.5 Å². The first-order valence-electron chi connectivity index (χ1n) is 5.86. The van der Waals surface area contributed by atoms with Gasteiger partial charge in [0.2, 0.25) is 0 Å². The fraction of sp³-hybridized carbons (Fsp3) is 0.214. The lowest BCUT2D eigenvalue weighted by atomic mass is 10.1. The fourth-order valence-electron chi connectivity index (χ4n) is 1.77. The Morgan fingerprint density at radius 2 is 2.17 bits per heavy atom. The minimum Gasteiger partial charge on any atom is -0.398 e. The van der Waals surface area contributed by atoms with Gasteiger partial charge >= 0.3 is 0 Å². The van der Waals surface area contributed by atoms with Gasteiger partial charge < -0.3 is 11.1 Å². The number of anilines is 2. The molecule has 0 unspecified atom stereocenters. The molecule has 0 spiro atoms. The van der Waals surface area contributed by atoms with E-state index in [4.69, 9.17) is 17.3 Å². The van der Waals surface area contributed by atoms with Gasteiger partial charge in [-0.25, -0.2) is 0 Å². The third kappa shape index (κ3) is 3.14. The van der Waals surface area contributed by atoms with Gasteiger partial charge in [-0.15, -0.1) is 0 Å². The van der Waals surface area contributed by atoms with Crippen LogP contribution in [0.25, 0.3) is 0 Å². The third-order valence-corrected chi connectivity index (χ3v) is 3.09. The highest BCUT2D eigenvalue weighted by atomic mass is 35.5. The topological polar surface area (TPSA) is 50.9 Å². The molecule has 3 nitrogen and oxygen atoms in total. The van der Waals surface area contributed by atoms with Gasteiger partial charge in [0.15, 0.2) is 0 Å². The zero-order chi connectivity index (χ0) is 13.0. The van der Waals surface area contributed by atoms with E-state index in [0.29, 0.717) is 10.7 Å². The molecule has 0 fully saturated rings. The smallest absolute Gasteiger partial charge is 0.0656 e. The zero-order valence-corrected chi connectivity index (χ0v) is 11.0. The summed E-state index contributed by atoms with van der Waals surface area (Å²) in [5.41, 5.74) is 9.54. The fourth-order valence-corrected chi connectivity index (χ4v) is 1.93. The lowest BCUT2D eigenvalue weighted by molar-refractivity contribution is 0.960. The van der Waals surface area contributed by atoms with Crippen LogP contribution in [0.1, 0.15) is 11.3 Å². The second-order valence-electron chi connectivity index (χ2n) is 4.19. The number of nitrogens with two attached hydrogens (primary N) is 1. The summed E-state index contributed by atoms with van der Waals surface area (Å²) in [6, 6.07) is 9.68. The second kappa shape index (κ2) is 5.74. The maximum absolute atomic E-state index is 6.00. The van der Waals surface area contributed by atoms with Gasteiger partial charge in [-0.2, -0.15) is 0 Å². The molecular weight excluding hydrogens is 246 g/mol. The predicted octanol–water partition coefficient (Wildman–Crippen LogP) is 3.28. The highest BCUT2D eigenvalue weighted by Crippen LogP contribution is 2.26. The van der Waals surface area contributed by atoms with E-state index >= 15 is 0 Å². The standard InChI is InChI=1S/C14H16ClN3/c1-10-8-13(16)12(15)9-14(10)18-7-5-11-4-2-3-6-17-11/h2-4,6,8-9,18H,5,7,16H2,1H3. The summed E-state index contributed by atoms with van der Waals surface area (Å²) in [7, 11) is 0. The number of aromatic nitrogens is 1. The molecule has 18 heavy (non-hydrogen) atoms. The van der Waals surface area contributed by atoms with Crippen LogP contribution in [0.4, 0.5) is 11.4 Å². The van der Waals surface area contributed by atoms with E-state index in [1.807, 2.05) is 37.3 Å². The third-order valence-electron chi connectivity index (χ3n) is 2.77. The molecule has 0 bridgehead atoms. The Bertz CT molecular complexity index is 526. The minimum atomic E-state index is 0.584. The molecule has 0 aliphatic carbocycles. The quantitative estimate of drug-likeness (QED) is 0.831. The molecule has 0 atom stereocenters. The molecule has 4 heteroatoms. The molecule has 3 N–H and O–H groups in total. The normalized spacial score (nSPS) is 10.3. The number of hydrogen-bond acceptors (Lipinski definition) is 3. The molecule has 0 saturated carbocycles. The summed E-state index contributed by atoms with van der Waals surface area (Å²) < 4.78 is 0. The number of rotatable bonds is 4. The van der Waals surface area contributed by atoms with E-state index in [9.17, 15) is 0 Å². The number of nitrogen functional groups attached to an aromatic ring is 1. The summed E-state index contributed by atoms with van der Waals surface area (Å²) in [4.78, 5) is 4.28. The summed E-state index contributed by atoms with van der Waals surface area (Å²) in [6.07, 6.45) is 2.68. The highest BCUT2D eigenvalue weighted by Gasteiger charge is 2.03. The molecule has 94 valence electrons. The van der Waals surface area contributed by atoms with E-state index in [1.54, 1.807) is 6.20 Å². The van der Waals surface area contributed by atoms with Crippen molar-refractivity contribution in [2.24, 2.45) is 0 Å². The summed E-state index contributed by atoms with van der Waals surface area (Å²) >= 11 is 6.00. The van der Waals surface area contributed by atoms with Crippen LogP contribution >= 0.6 is 11.6 Å². The van der Waals surface area contributed by atoms with Crippen molar-refractivity contribution in [3.05, 3.63) is 52.8 Å². The number of hydrogen-bond donors (Lipinski definition) is 2. The Kier molecular flexibility index (Phi) is 4.05. The van der Waals surface area contributed by atoms with Gasteiger partial charge in [0.05, 0.1) is 10.7 Å². The Labute approximate surface area is 112 Å². The maximum atomic E-state index is 6.00. The molecular formula is C14H16ClN3. The molecule has 0 aliphatic heterocycles. The number of nitrogens with zero attached hydrogens (tertiary/aromatic N) is 1. The first-order valence-corrected chi connectivity index (χ1v) is 6.24. The van der Waals surface area contributed by atoms with Crippen LogP contribution in [0.15, 0.2) is 36.5 Å². The molecule has 0 amide bonds. The van der Waals surface area contributed by atoms with Gasteiger partial charge in [0.25, 0.3) is 0 Å². The molecule has 2 aromatic rings. The number of aryl methyl sites for hydroxylation is 1. The highest BCUT2D eigenvalue weighted by molar-refractivity contribution is 6.33. The monoisotopic (exact) mass is 261 g/mol. The largest absolute Gasteiger partial charge is 0.398 e. The average molecular weight is 262 g/mol. The van der Waals surface area contributed by atoms with Crippen LogP contribution in [-0.2, 0) is 6.42 Å². The second-order valence-corrected chi connectivity index (χ2v) is 4.59. The number of halogens is 1. The van der Waals surface area contributed by atoms with Crippen LogP contribution in [0, 0.1) is 6.92 Å². The van der Waals surface area contributed by atoms with Crippen molar-refractivity contribution in [3.63, 3.8) is 0 Å². The van der Waals surface area contributed by atoms with Crippen LogP contribution in [0.2, 0.25) is 5.02 Å². The summed E-state index contributed by atoms with van der Waals surface area (Å²) in [5.74, 6) is 0. The molecule has 1 aromatic heterocycles. The van der Waals surface area contributed by atoms with E-state index in [2.05, 4.69) is 10.3 Å². The molecule has 0 radical (unpaired) electrons. The van der Waals surface area contributed by atoms with E-state index in [1.165, 1.54) is 0 Å². The van der Waals surface area contributed by atoms with E-state index < -0.39 is 0 Å². The summed E-state index contributed by atoms with van der Waals surface area (Å²) in [5, 5.41) is 3.93. The Balaban J connectivity index is 1.97. The Hall–Kier alpha value is -1.74. The minimum absolute atomic E-state index is 0.584. The SMILES string of the molecule is Cc1cc(N)c(Cl)cc1NCCc1ccccn1. The number of pyridine rings is 1. The van der Waals surface area contributed by atoms with Crippen LogP contribution < -0.4 is 11.1 Å². The van der Waals surface area contributed by atoms with Crippen LogP contribution in [-0.4, -0.2) is 11.5 Å². The van der Waals surface area contributed by atoms with Gasteiger partial charge in [0.1, 0.15) is 0 Å². The lowest BCUT2D eigenvalue weighted by Gasteiger charge is -2.11.